The zero-order chi connectivity index (χ0) is 47.9. The Hall–Kier alpha value is -9.53. The molecule has 9 aromatic carbocycles. The lowest BCUT2D eigenvalue weighted by Gasteiger charge is -2.13. The number of anilines is 4. The summed E-state index contributed by atoms with van der Waals surface area (Å²) in [5, 5.41) is 53.6. The van der Waals surface area contributed by atoms with Crippen molar-refractivity contribution in [2.24, 2.45) is 20.5 Å². The van der Waals surface area contributed by atoms with Crippen molar-refractivity contribution in [1.82, 2.24) is 0 Å². The number of hydrogen-bond acceptors (Lipinski definition) is 10. The largest absolute Gasteiger partial charge is 0.505 e. The summed E-state index contributed by atoms with van der Waals surface area (Å²) in [4.78, 5) is 53.8. The van der Waals surface area contributed by atoms with Crippen LogP contribution in [-0.2, 0) is 0 Å². The molecule has 0 atom stereocenters. The third kappa shape index (κ3) is 10.2. The Kier molecular flexibility index (Phi) is 12.9. The van der Waals surface area contributed by atoms with Crippen molar-refractivity contribution in [3.05, 3.63) is 215 Å². The van der Waals surface area contributed by atoms with Gasteiger partial charge in [0, 0.05) is 44.6 Å². The molecule has 0 spiro atoms. The lowest BCUT2D eigenvalue weighted by atomic mass is 10.00. The predicted octanol–water partition coefficient (Wildman–Crippen LogP) is 13.9. The average Bonchev–Trinajstić information content (AvgIpc) is 3.36. The van der Waals surface area contributed by atoms with Gasteiger partial charge in [0.15, 0.2) is 11.5 Å². The highest BCUT2D eigenvalue weighted by atomic mass is 35.5. The molecule has 9 aromatic rings. The first-order valence-electron chi connectivity index (χ1n) is 21.3. The first kappa shape index (κ1) is 44.7. The van der Waals surface area contributed by atoms with E-state index < -0.39 is 23.3 Å². The molecule has 9 rings (SSSR count). The summed E-state index contributed by atoms with van der Waals surface area (Å²) >= 11 is 6.74. The normalized spacial score (nSPS) is 11.2. The molecule has 0 aromatic heterocycles. The molecule has 6 N–H and O–H groups in total. The van der Waals surface area contributed by atoms with Gasteiger partial charge < -0.3 is 31.5 Å². The lowest BCUT2D eigenvalue weighted by Crippen LogP contribution is -2.13. The number of phenolic OH excluding ortho intramolecular Hbond substituents is 2. The number of nitrogens with zero attached hydrogens (tertiary/aromatic N) is 4. The summed E-state index contributed by atoms with van der Waals surface area (Å²) in [6.45, 7) is 0. The molecule has 15 heteroatoms. The molecular formula is C54H37ClN8O6. The van der Waals surface area contributed by atoms with Gasteiger partial charge in [-0.2, -0.15) is 5.11 Å². The second kappa shape index (κ2) is 19.9. The minimum atomic E-state index is -0.626. The van der Waals surface area contributed by atoms with Gasteiger partial charge in [0.05, 0.1) is 21.8 Å². The zero-order valence-electron chi connectivity index (χ0n) is 36.1. The number of halogens is 1. The number of azo groups is 2. The van der Waals surface area contributed by atoms with Gasteiger partial charge in [-0.25, -0.2) is 0 Å². The van der Waals surface area contributed by atoms with Crippen LogP contribution in [0.2, 0.25) is 5.02 Å². The minimum absolute atomic E-state index is 0.0418. The Morgan fingerprint density at radius 2 is 0.768 bits per heavy atom. The lowest BCUT2D eigenvalue weighted by molar-refractivity contribution is 0.101. The SMILES string of the molecule is O=C(Nc1ccccc1)c1ccc2c(N=Nc3ccc(N=Nc4c(O)c(C(=O)Nc5ccccc5)cc5cc(C(=O)Nc6ccccc6)ccc45)c(Cl)c3)c(O)c(C(=O)Nc3ccccc3)cc2c1. The summed E-state index contributed by atoms with van der Waals surface area (Å²) in [6.07, 6.45) is 0. The molecule has 0 saturated carbocycles. The van der Waals surface area contributed by atoms with Crippen LogP contribution in [0, 0.1) is 0 Å². The maximum atomic E-state index is 13.6. The monoisotopic (exact) mass is 928 g/mol. The van der Waals surface area contributed by atoms with E-state index in [1.54, 1.807) is 152 Å². The third-order valence-electron chi connectivity index (χ3n) is 10.8. The van der Waals surface area contributed by atoms with E-state index in [1.807, 2.05) is 12.1 Å². The molecule has 14 nitrogen and oxygen atoms in total. The van der Waals surface area contributed by atoms with Gasteiger partial charge in [-0.3, -0.25) is 19.2 Å². The molecule has 0 saturated heterocycles. The van der Waals surface area contributed by atoms with Crippen molar-refractivity contribution in [1.29, 1.82) is 0 Å². The van der Waals surface area contributed by atoms with Gasteiger partial charge in [-0.1, -0.05) is 96.5 Å². The van der Waals surface area contributed by atoms with Crippen LogP contribution in [0.4, 0.5) is 45.5 Å². The van der Waals surface area contributed by atoms with E-state index >= 15 is 0 Å². The smallest absolute Gasteiger partial charge is 0.259 e. The molecule has 0 bridgehead atoms. The van der Waals surface area contributed by atoms with Crippen LogP contribution >= 0.6 is 11.6 Å². The van der Waals surface area contributed by atoms with Crippen molar-refractivity contribution in [3.8, 4) is 11.5 Å². The number of carbonyl (C=O) groups is 4. The number of amides is 4. The van der Waals surface area contributed by atoms with Crippen molar-refractivity contribution in [2.45, 2.75) is 0 Å². The Bertz CT molecular complexity index is 3500. The van der Waals surface area contributed by atoms with Crippen LogP contribution in [0.5, 0.6) is 11.5 Å². The Morgan fingerprint density at radius 3 is 1.16 bits per heavy atom. The maximum Gasteiger partial charge on any atom is 0.259 e. The fourth-order valence-electron chi connectivity index (χ4n) is 7.32. The minimum Gasteiger partial charge on any atom is -0.505 e. The zero-order valence-corrected chi connectivity index (χ0v) is 36.8. The van der Waals surface area contributed by atoms with Gasteiger partial charge in [-0.05, 0) is 114 Å². The maximum absolute atomic E-state index is 13.6. The van der Waals surface area contributed by atoms with Crippen molar-refractivity contribution in [2.75, 3.05) is 21.3 Å². The van der Waals surface area contributed by atoms with E-state index in [2.05, 4.69) is 41.7 Å². The van der Waals surface area contributed by atoms with Crippen LogP contribution in [0.3, 0.4) is 0 Å². The molecule has 336 valence electrons. The van der Waals surface area contributed by atoms with Crippen molar-refractivity contribution < 1.29 is 29.4 Å². The summed E-state index contributed by atoms with van der Waals surface area (Å²) in [5.74, 6) is -2.93. The molecule has 4 amide bonds. The summed E-state index contributed by atoms with van der Waals surface area (Å²) in [6, 6.07) is 52.4. The second-order valence-corrected chi connectivity index (χ2v) is 15.8. The molecule has 0 aliphatic heterocycles. The van der Waals surface area contributed by atoms with Gasteiger partial charge in [-0.15, -0.1) is 15.3 Å². The van der Waals surface area contributed by atoms with Crippen molar-refractivity contribution >= 4 is 102 Å². The summed E-state index contributed by atoms with van der Waals surface area (Å²) in [5.41, 5.74) is 2.84. The number of fused-ring (bicyclic) bond motifs is 2. The van der Waals surface area contributed by atoms with E-state index in [9.17, 15) is 29.4 Å². The first-order valence-corrected chi connectivity index (χ1v) is 21.6. The van der Waals surface area contributed by atoms with Crippen molar-refractivity contribution in [3.63, 3.8) is 0 Å². The van der Waals surface area contributed by atoms with Gasteiger partial charge in [0.2, 0.25) is 0 Å². The molecular weight excluding hydrogens is 892 g/mol. The van der Waals surface area contributed by atoms with Crippen LogP contribution in [0.1, 0.15) is 41.4 Å². The highest BCUT2D eigenvalue weighted by Crippen LogP contribution is 2.43. The number of rotatable bonds is 12. The Balaban J connectivity index is 1.04. The van der Waals surface area contributed by atoms with E-state index in [1.165, 1.54) is 24.3 Å². The van der Waals surface area contributed by atoms with Crippen LogP contribution in [-0.4, -0.2) is 33.8 Å². The number of aromatic hydroxyl groups is 2. The van der Waals surface area contributed by atoms with Crippen LogP contribution < -0.4 is 21.3 Å². The number of benzene rings is 9. The standard InChI is InChI=1S/C54H37ClN8O6/c55-45-31-40(60-62-47-41-24-21-32(51(66)56-36-13-5-1-6-14-36)27-34(41)29-43(49(47)64)53(68)58-38-17-9-3-10-18-38)23-26-46(45)61-63-48-42-25-22-33(52(67)57-37-15-7-2-8-16-37)28-35(42)30-44(50(48)65)54(69)59-39-19-11-4-12-20-39/h1-31,64-65H,(H,56,66)(H,57,67)(H,58,68)(H,59,69). The first-order chi connectivity index (χ1) is 33.6. The molecule has 0 radical (unpaired) electrons. The van der Waals surface area contributed by atoms with Crippen LogP contribution in [0.15, 0.2) is 209 Å². The Labute approximate surface area is 398 Å². The number of para-hydroxylation sites is 4. The summed E-state index contributed by atoms with van der Waals surface area (Å²) in [7, 11) is 0. The highest BCUT2D eigenvalue weighted by Gasteiger charge is 2.22. The van der Waals surface area contributed by atoms with Crippen LogP contribution in [0.25, 0.3) is 21.5 Å². The second-order valence-electron chi connectivity index (χ2n) is 15.4. The van der Waals surface area contributed by atoms with Gasteiger partial charge >= 0.3 is 0 Å². The van der Waals surface area contributed by atoms with E-state index in [4.69, 9.17) is 11.6 Å². The molecule has 0 heterocycles. The van der Waals surface area contributed by atoms with Gasteiger partial charge in [0.25, 0.3) is 23.6 Å². The Morgan fingerprint density at radius 1 is 0.391 bits per heavy atom. The third-order valence-corrected chi connectivity index (χ3v) is 11.1. The highest BCUT2D eigenvalue weighted by molar-refractivity contribution is 6.33. The topological polar surface area (TPSA) is 206 Å². The van der Waals surface area contributed by atoms with E-state index in [-0.39, 0.29) is 50.7 Å². The number of nitrogens with one attached hydrogen (secondary N) is 4. The summed E-state index contributed by atoms with van der Waals surface area (Å²) < 4.78 is 0. The predicted molar refractivity (Wildman–Crippen MR) is 269 cm³/mol. The number of phenols is 2. The van der Waals surface area contributed by atoms with E-state index in [0.717, 1.165) is 0 Å². The quantitative estimate of drug-likeness (QED) is 0.0657. The number of carbonyl (C=O) groups excluding carboxylic acids is 4. The molecule has 0 aliphatic rings. The average molecular weight is 929 g/mol. The molecule has 0 unspecified atom stereocenters. The van der Waals surface area contributed by atoms with Gasteiger partial charge in [0.1, 0.15) is 17.1 Å². The molecule has 0 aliphatic carbocycles. The molecule has 69 heavy (non-hydrogen) atoms. The fraction of sp³-hybridized carbons (Fsp3) is 0. The molecule has 0 fully saturated rings. The fourth-order valence-corrected chi connectivity index (χ4v) is 7.54. The number of hydrogen-bond donors (Lipinski definition) is 6. The van der Waals surface area contributed by atoms with E-state index in [0.29, 0.717) is 55.4 Å².